The lowest BCUT2D eigenvalue weighted by Gasteiger charge is -2.06. The first-order valence-corrected chi connectivity index (χ1v) is 3.99. The number of hydrogen-bond donors (Lipinski definition) is 1. The van der Waals surface area contributed by atoms with Crippen LogP contribution in [-0.4, -0.2) is 12.3 Å². The SMILES string of the molecule is CC=COB(O)Oc1ccccc1. The predicted molar refractivity (Wildman–Crippen MR) is 50.9 cm³/mol. The smallest absolute Gasteiger partial charge is 0.508 e. The molecule has 0 unspecified atom stereocenters. The Morgan fingerprint density at radius 2 is 2.00 bits per heavy atom. The molecule has 0 amide bonds. The van der Waals surface area contributed by atoms with Crippen molar-refractivity contribution in [2.75, 3.05) is 0 Å². The molecule has 68 valence electrons. The summed E-state index contributed by atoms with van der Waals surface area (Å²) in [6, 6.07) is 8.98. The first-order valence-electron chi connectivity index (χ1n) is 3.99. The van der Waals surface area contributed by atoms with E-state index in [1.54, 1.807) is 25.1 Å². The Morgan fingerprint density at radius 1 is 1.31 bits per heavy atom. The molecule has 0 aliphatic rings. The van der Waals surface area contributed by atoms with Gasteiger partial charge in [-0.1, -0.05) is 24.3 Å². The Labute approximate surface area is 77.8 Å². The van der Waals surface area contributed by atoms with Gasteiger partial charge in [-0.2, -0.15) is 0 Å². The van der Waals surface area contributed by atoms with Gasteiger partial charge in [0.05, 0.1) is 6.26 Å². The number of benzene rings is 1. The maximum absolute atomic E-state index is 9.14. The van der Waals surface area contributed by atoms with Crippen LogP contribution in [0.25, 0.3) is 0 Å². The summed E-state index contributed by atoms with van der Waals surface area (Å²) in [4.78, 5) is 0. The lowest BCUT2D eigenvalue weighted by atomic mass is 10.2. The Hall–Kier alpha value is -1.42. The van der Waals surface area contributed by atoms with Gasteiger partial charge in [-0.3, -0.25) is 0 Å². The highest BCUT2D eigenvalue weighted by Gasteiger charge is 2.17. The number of hydrogen-bond acceptors (Lipinski definition) is 3. The lowest BCUT2D eigenvalue weighted by molar-refractivity contribution is 0.266. The Bertz CT molecular complexity index is 261. The zero-order valence-corrected chi connectivity index (χ0v) is 7.38. The van der Waals surface area contributed by atoms with Gasteiger partial charge >= 0.3 is 7.32 Å². The predicted octanol–water partition coefficient (Wildman–Crippen LogP) is 1.59. The highest BCUT2D eigenvalue weighted by molar-refractivity contribution is 6.35. The summed E-state index contributed by atoms with van der Waals surface area (Å²) >= 11 is 0. The van der Waals surface area contributed by atoms with Gasteiger partial charge in [0.1, 0.15) is 5.75 Å². The average molecular weight is 178 g/mol. The number of allylic oxidation sites excluding steroid dienone is 1. The maximum Gasteiger partial charge on any atom is 0.784 e. The second-order valence-electron chi connectivity index (χ2n) is 2.34. The van der Waals surface area contributed by atoms with Crippen LogP contribution in [0.3, 0.4) is 0 Å². The van der Waals surface area contributed by atoms with Crippen LogP contribution in [0, 0.1) is 0 Å². The quantitative estimate of drug-likeness (QED) is 0.561. The molecule has 0 saturated carbocycles. The van der Waals surface area contributed by atoms with E-state index in [4.69, 9.17) is 14.3 Å². The van der Waals surface area contributed by atoms with Crippen LogP contribution in [0.5, 0.6) is 5.75 Å². The molecule has 1 aromatic carbocycles. The Balaban J connectivity index is 2.40. The van der Waals surface area contributed by atoms with Gasteiger partial charge in [0.15, 0.2) is 0 Å². The van der Waals surface area contributed by atoms with Crippen molar-refractivity contribution < 1.29 is 14.3 Å². The minimum absolute atomic E-state index is 0.569. The average Bonchev–Trinajstić information content (AvgIpc) is 2.16. The van der Waals surface area contributed by atoms with Crippen molar-refractivity contribution in [1.29, 1.82) is 0 Å². The fourth-order valence-corrected chi connectivity index (χ4v) is 0.789. The number of rotatable bonds is 4. The third kappa shape index (κ3) is 3.67. The first-order chi connectivity index (χ1) is 6.33. The molecule has 0 aromatic heterocycles. The molecule has 0 fully saturated rings. The third-order valence-corrected chi connectivity index (χ3v) is 1.31. The highest BCUT2D eigenvalue weighted by Crippen LogP contribution is 2.08. The standard InChI is InChI=1S/C9H11BO3/c1-2-8-12-10(11)13-9-6-4-3-5-7-9/h2-8,11H,1H3. The summed E-state index contributed by atoms with van der Waals surface area (Å²) in [5.74, 6) is 0.569. The third-order valence-electron chi connectivity index (χ3n) is 1.31. The molecular weight excluding hydrogens is 167 g/mol. The second-order valence-corrected chi connectivity index (χ2v) is 2.34. The summed E-state index contributed by atoms with van der Waals surface area (Å²) in [5.41, 5.74) is 0. The van der Waals surface area contributed by atoms with Crippen molar-refractivity contribution >= 4 is 7.32 Å². The minimum atomic E-state index is -1.25. The van der Waals surface area contributed by atoms with E-state index in [0.29, 0.717) is 5.75 Å². The lowest BCUT2D eigenvalue weighted by Crippen LogP contribution is -2.23. The van der Waals surface area contributed by atoms with E-state index in [9.17, 15) is 0 Å². The molecule has 3 nitrogen and oxygen atoms in total. The molecular formula is C9H11BO3. The second kappa shape index (κ2) is 5.27. The molecule has 13 heavy (non-hydrogen) atoms. The molecule has 0 spiro atoms. The summed E-state index contributed by atoms with van der Waals surface area (Å²) in [7, 11) is -1.25. The Morgan fingerprint density at radius 3 is 2.62 bits per heavy atom. The van der Waals surface area contributed by atoms with Crippen LogP contribution in [0.4, 0.5) is 0 Å². The molecule has 0 aliphatic heterocycles. The fourth-order valence-electron chi connectivity index (χ4n) is 0.789. The van der Waals surface area contributed by atoms with Crippen molar-refractivity contribution in [1.82, 2.24) is 0 Å². The summed E-state index contributed by atoms with van der Waals surface area (Å²) in [6.45, 7) is 1.79. The summed E-state index contributed by atoms with van der Waals surface area (Å²) in [5, 5.41) is 9.14. The molecule has 0 atom stereocenters. The topological polar surface area (TPSA) is 38.7 Å². The molecule has 0 radical (unpaired) electrons. The van der Waals surface area contributed by atoms with Gasteiger partial charge in [0.2, 0.25) is 0 Å². The minimum Gasteiger partial charge on any atom is -0.508 e. The Kier molecular flexibility index (Phi) is 3.92. The molecule has 0 aliphatic carbocycles. The van der Waals surface area contributed by atoms with E-state index < -0.39 is 7.32 Å². The van der Waals surface area contributed by atoms with Crippen molar-refractivity contribution in [3.63, 3.8) is 0 Å². The van der Waals surface area contributed by atoms with Crippen molar-refractivity contribution in [3.8, 4) is 5.75 Å². The largest absolute Gasteiger partial charge is 0.784 e. The summed E-state index contributed by atoms with van der Waals surface area (Å²) < 4.78 is 9.75. The highest BCUT2D eigenvalue weighted by atomic mass is 16.7. The molecule has 0 saturated heterocycles. The molecule has 1 aromatic rings. The molecule has 0 heterocycles. The maximum atomic E-state index is 9.14. The van der Waals surface area contributed by atoms with Crippen LogP contribution in [0.15, 0.2) is 42.7 Å². The fraction of sp³-hybridized carbons (Fsp3) is 0.111. The first kappa shape index (κ1) is 9.67. The van der Waals surface area contributed by atoms with E-state index in [-0.39, 0.29) is 0 Å². The normalized spacial score (nSPS) is 10.0. The van der Waals surface area contributed by atoms with Crippen LogP contribution < -0.4 is 4.65 Å². The van der Waals surface area contributed by atoms with Gasteiger partial charge in [0.25, 0.3) is 0 Å². The van der Waals surface area contributed by atoms with E-state index in [1.165, 1.54) is 6.26 Å². The van der Waals surface area contributed by atoms with Crippen molar-refractivity contribution in [2.24, 2.45) is 0 Å². The van der Waals surface area contributed by atoms with E-state index >= 15 is 0 Å². The van der Waals surface area contributed by atoms with Crippen LogP contribution in [-0.2, 0) is 4.65 Å². The molecule has 1 rings (SSSR count). The van der Waals surface area contributed by atoms with E-state index in [0.717, 1.165) is 0 Å². The number of para-hydroxylation sites is 1. The van der Waals surface area contributed by atoms with Gasteiger partial charge < -0.3 is 14.3 Å². The van der Waals surface area contributed by atoms with Gasteiger partial charge in [-0.05, 0) is 19.1 Å². The molecule has 4 heteroatoms. The van der Waals surface area contributed by atoms with E-state index in [2.05, 4.69) is 0 Å². The van der Waals surface area contributed by atoms with Crippen LogP contribution in [0.2, 0.25) is 0 Å². The molecule has 0 bridgehead atoms. The zero-order chi connectivity index (χ0) is 9.52. The van der Waals surface area contributed by atoms with Gasteiger partial charge in [-0.25, -0.2) is 0 Å². The van der Waals surface area contributed by atoms with E-state index in [1.807, 2.05) is 18.2 Å². The van der Waals surface area contributed by atoms with Crippen molar-refractivity contribution in [2.45, 2.75) is 6.92 Å². The van der Waals surface area contributed by atoms with Crippen molar-refractivity contribution in [3.05, 3.63) is 42.7 Å². The van der Waals surface area contributed by atoms with Gasteiger partial charge in [-0.15, -0.1) is 0 Å². The monoisotopic (exact) mass is 178 g/mol. The van der Waals surface area contributed by atoms with Gasteiger partial charge in [0, 0.05) is 0 Å². The molecule has 1 N–H and O–H groups in total. The summed E-state index contributed by atoms with van der Waals surface area (Å²) in [6.07, 6.45) is 3.03. The van der Waals surface area contributed by atoms with Crippen LogP contribution >= 0.6 is 0 Å². The van der Waals surface area contributed by atoms with Crippen LogP contribution in [0.1, 0.15) is 6.92 Å². The zero-order valence-electron chi connectivity index (χ0n) is 7.38.